The van der Waals surface area contributed by atoms with Crippen LogP contribution >= 0.6 is 7.92 Å². The zero-order chi connectivity index (χ0) is 28.2. The molecule has 0 aliphatic heterocycles. The van der Waals surface area contributed by atoms with Crippen molar-refractivity contribution in [2.24, 2.45) is 4.99 Å². The van der Waals surface area contributed by atoms with Gasteiger partial charge in [-0.1, -0.05) is 96.9 Å². The third kappa shape index (κ3) is 9.12. The van der Waals surface area contributed by atoms with Crippen molar-refractivity contribution in [1.29, 1.82) is 0 Å². The number of phenolic OH excluding ortho intramolecular Hbond substituents is 1. The van der Waals surface area contributed by atoms with Crippen molar-refractivity contribution in [1.82, 2.24) is 0 Å². The van der Waals surface area contributed by atoms with E-state index in [1.54, 1.807) is 25.4 Å². The number of hydrogen-bond donors (Lipinski definition) is 1. The second-order valence-electron chi connectivity index (χ2n) is 9.25. The van der Waals surface area contributed by atoms with Gasteiger partial charge >= 0.3 is 19.5 Å². The molecule has 0 aromatic heterocycles. The molecule has 41 heavy (non-hydrogen) atoms. The number of esters is 1. The predicted octanol–water partition coefficient (Wildman–Crippen LogP) is 6.84. The Labute approximate surface area is 256 Å². The topological polar surface area (TPSA) is 58.9 Å². The second-order valence-corrected chi connectivity index (χ2v) is 11.9. The van der Waals surface area contributed by atoms with Crippen molar-refractivity contribution < 1.29 is 34.1 Å². The molecular formula is C35H34NO3PRu+5. The van der Waals surface area contributed by atoms with Crippen molar-refractivity contribution in [2.75, 3.05) is 19.8 Å². The van der Waals surface area contributed by atoms with E-state index in [1.165, 1.54) is 10.6 Å². The molecule has 0 fully saturated rings. The van der Waals surface area contributed by atoms with Crippen LogP contribution in [0.15, 0.2) is 132 Å². The first kappa shape index (κ1) is 31.7. The molecule has 1 radical (unpaired) electrons. The minimum atomic E-state index is -1.00. The zero-order valence-corrected chi connectivity index (χ0v) is 25.9. The quantitative estimate of drug-likeness (QED) is 0.0659. The Bertz CT molecular complexity index is 1480. The fraction of sp³-hybridized carbons (Fsp3) is 0.114. The van der Waals surface area contributed by atoms with Gasteiger partial charge in [0.2, 0.25) is 5.97 Å². The molecule has 6 heteroatoms. The van der Waals surface area contributed by atoms with Gasteiger partial charge in [0.15, 0.2) is 0 Å². The summed E-state index contributed by atoms with van der Waals surface area (Å²) in [6.45, 7) is 2.38. The molecule has 0 atom stereocenters. The van der Waals surface area contributed by atoms with E-state index in [-0.39, 0.29) is 31.2 Å². The van der Waals surface area contributed by atoms with Crippen molar-refractivity contribution >= 4 is 30.7 Å². The molecule has 0 saturated carbocycles. The summed E-state index contributed by atoms with van der Waals surface area (Å²) in [6.07, 6.45) is 2.46. The number of phenols is 1. The van der Waals surface area contributed by atoms with Crippen LogP contribution < -0.4 is 10.6 Å². The number of nitrogens with zero attached hydrogens (tertiary/aromatic N) is 1. The van der Waals surface area contributed by atoms with Crippen LogP contribution in [0, 0.1) is 6.92 Å². The number of aliphatic imine (C=N–C) groups is 1. The summed E-state index contributed by atoms with van der Waals surface area (Å²) < 4.78 is 5.72. The Kier molecular flexibility index (Phi) is 12.8. The normalized spacial score (nSPS) is 10.5. The average molecular weight is 649 g/mol. The number of aromatic hydroxyl groups is 1. The molecule has 0 amide bonds. The van der Waals surface area contributed by atoms with Crippen LogP contribution in [0.1, 0.15) is 21.5 Å². The number of carbonyl (C=O) groups is 1. The molecule has 4 nitrogen and oxygen atoms in total. The smallest absolute Gasteiger partial charge is 0.507 e. The average Bonchev–Trinajstić information content (AvgIpc) is 3.40. The molecule has 0 saturated heterocycles. The maximum Gasteiger partial charge on any atom is 5.00 e. The van der Waals surface area contributed by atoms with Gasteiger partial charge in [0, 0.05) is 18.8 Å². The summed E-state index contributed by atoms with van der Waals surface area (Å²) in [7, 11) is 0.672. The molecule has 0 spiro atoms. The van der Waals surface area contributed by atoms with Crippen molar-refractivity contribution in [3.05, 3.63) is 144 Å². The van der Waals surface area contributed by atoms with Gasteiger partial charge in [-0.05, 0) is 36.4 Å². The number of hydrogen-bond acceptors (Lipinski definition) is 4. The Morgan fingerprint density at radius 3 is 1.93 bits per heavy atom. The van der Waals surface area contributed by atoms with Gasteiger partial charge in [-0.25, -0.2) is 0 Å². The first-order chi connectivity index (χ1) is 19.6. The predicted molar refractivity (Wildman–Crippen MR) is 169 cm³/mol. The van der Waals surface area contributed by atoms with Crippen LogP contribution in [0.2, 0.25) is 0 Å². The van der Waals surface area contributed by atoms with Gasteiger partial charge in [0.25, 0.3) is 0 Å². The standard InChI is InChI=1S/C27H24O2P.C8H9NO.Ru/c1-21-19-23(22-11-5-2-6-12-22)20-26(21)27(28)29-17-18-30(24-13-7-3-8-14-24)25-15-9-4-10-16-25;1-9-6-7-4-2-3-5-8(7)10;/h2-16,19-20H,17-18H2,1H3;2-6,10H,1H3;/q-1;;+5/p+1. The summed E-state index contributed by atoms with van der Waals surface area (Å²) in [6, 6.07) is 42.3. The first-order valence-corrected chi connectivity index (χ1v) is 14.9. The van der Waals surface area contributed by atoms with Gasteiger partial charge in [0.05, 0.1) is 24.7 Å². The third-order valence-corrected chi connectivity index (χ3v) is 9.22. The third-order valence-electron chi connectivity index (χ3n) is 6.46. The number of rotatable bonds is 8. The summed E-state index contributed by atoms with van der Waals surface area (Å²) >= 11 is 0. The number of carbonyl (C=O) groups excluding carboxylic acids is 1. The SMILES string of the molecule is CN=Cc1ccccc1O.C[c-]1cc(-c2ccccc2)cc1C(=O)OCC[PH+](c1ccccc1)c1ccccc1.[Ru+5]. The second kappa shape index (κ2) is 16.5. The number of benzene rings is 4. The molecule has 0 bridgehead atoms. The summed E-state index contributed by atoms with van der Waals surface area (Å²) in [5.41, 5.74) is 4.53. The van der Waals surface area contributed by atoms with Crippen LogP contribution in [-0.2, 0) is 24.2 Å². The Hall–Kier alpha value is -3.78. The number of para-hydroxylation sites is 1. The molecule has 0 aliphatic rings. The fourth-order valence-electron chi connectivity index (χ4n) is 4.43. The van der Waals surface area contributed by atoms with Crippen molar-refractivity contribution in [2.45, 2.75) is 6.92 Å². The maximum atomic E-state index is 12.8. The Morgan fingerprint density at radius 2 is 1.37 bits per heavy atom. The summed E-state index contributed by atoms with van der Waals surface area (Å²) in [4.78, 5) is 16.5. The van der Waals surface area contributed by atoms with E-state index in [4.69, 9.17) is 9.84 Å². The molecule has 0 aliphatic carbocycles. The van der Waals surface area contributed by atoms with E-state index in [1.807, 2.05) is 55.5 Å². The largest absolute Gasteiger partial charge is 5.00 e. The molecule has 5 rings (SSSR count). The van der Waals surface area contributed by atoms with Crippen LogP contribution in [-0.4, -0.2) is 37.1 Å². The van der Waals surface area contributed by atoms with Crippen molar-refractivity contribution in [3.63, 3.8) is 0 Å². The van der Waals surface area contributed by atoms with Gasteiger partial charge in [-0.15, -0.1) is 17.2 Å². The van der Waals surface area contributed by atoms with Crippen LogP contribution in [0.5, 0.6) is 5.75 Å². The fourth-order valence-corrected chi connectivity index (χ4v) is 6.84. The summed E-state index contributed by atoms with van der Waals surface area (Å²) in [5.74, 6) is 0.0326. The van der Waals surface area contributed by atoms with Crippen LogP contribution in [0.25, 0.3) is 11.1 Å². The molecule has 5 aromatic rings. The number of aryl methyl sites for hydroxylation is 1. The van der Waals surface area contributed by atoms with E-state index in [0.29, 0.717) is 12.2 Å². The zero-order valence-electron chi connectivity index (χ0n) is 23.2. The molecule has 0 heterocycles. The molecular weight excluding hydrogens is 614 g/mol. The minimum absolute atomic E-state index is 0. The molecule has 5 aromatic carbocycles. The molecule has 0 unspecified atom stereocenters. The van der Waals surface area contributed by atoms with Gasteiger partial charge < -0.3 is 14.6 Å². The molecule has 1 N–H and O–H groups in total. The van der Waals surface area contributed by atoms with E-state index >= 15 is 0 Å². The van der Waals surface area contributed by atoms with E-state index in [9.17, 15) is 4.79 Å². The maximum absolute atomic E-state index is 12.8. The Morgan fingerprint density at radius 1 is 0.829 bits per heavy atom. The van der Waals surface area contributed by atoms with Gasteiger partial charge in [-0.3, -0.25) is 4.99 Å². The van der Waals surface area contributed by atoms with Crippen LogP contribution in [0.3, 0.4) is 0 Å². The van der Waals surface area contributed by atoms with Crippen molar-refractivity contribution in [3.8, 4) is 16.9 Å². The van der Waals surface area contributed by atoms with E-state index in [2.05, 4.69) is 71.7 Å². The molecule has 205 valence electrons. The summed E-state index contributed by atoms with van der Waals surface area (Å²) in [5, 5.41) is 11.8. The number of ether oxygens (including phenoxy) is 1. The monoisotopic (exact) mass is 649 g/mol. The van der Waals surface area contributed by atoms with E-state index in [0.717, 1.165) is 28.4 Å². The van der Waals surface area contributed by atoms with E-state index < -0.39 is 7.92 Å². The Balaban J connectivity index is 0.000000357. The van der Waals surface area contributed by atoms with Crippen LogP contribution in [0.4, 0.5) is 0 Å². The first-order valence-electron chi connectivity index (χ1n) is 13.2. The minimum Gasteiger partial charge on any atom is -0.507 e. The van der Waals surface area contributed by atoms with Gasteiger partial charge in [0.1, 0.15) is 12.4 Å². The van der Waals surface area contributed by atoms with Gasteiger partial charge in [-0.2, -0.15) is 6.07 Å².